The summed E-state index contributed by atoms with van der Waals surface area (Å²) in [5.41, 5.74) is 0. The van der Waals surface area contributed by atoms with E-state index in [0.717, 1.165) is 35.7 Å². The Labute approximate surface area is 138 Å². The first kappa shape index (κ1) is 15.5. The van der Waals surface area contributed by atoms with Gasteiger partial charge in [0.1, 0.15) is 0 Å². The van der Waals surface area contributed by atoms with Crippen LogP contribution in [-0.2, 0) is 11.2 Å². The van der Waals surface area contributed by atoms with Crippen LogP contribution in [0.25, 0.3) is 0 Å². The van der Waals surface area contributed by atoms with Crippen molar-refractivity contribution in [1.82, 2.24) is 15.0 Å². The molecule has 0 N–H and O–H groups in total. The summed E-state index contributed by atoms with van der Waals surface area (Å²) in [5.74, 6) is 1.65. The fourth-order valence-corrected chi connectivity index (χ4v) is 3.83. The number of halogens is 1. The molecule has 1 saturated heterocycles. The molecule has 1 fully saturated rings. The zero-order valence-electron chi connectivity index (χ0n) is 12.4. The summed E-state index contributed by atoms with van der Waals surface area (Å²) < 4.78 is 5.25. The Morgan fingerprint density at radius 1 is 1.59 bits per heavy atom. The van der Waals surface area contributed by atoms with Gasteiger partial charge in [-0.2, -0.15) is 4.98 Å². The van der Waals surface area contributed by atoms with Gasteiger partial charge in [-0.05, 0) is 32.3 Å². The molecule has 1 aliphatic heterocycles. The zero-order chi connectivity index (χ0) is 15.5. The topological polar surface area (TPSA) is 59.2 Å². The molecule has 1 amide bonds. The standard InChI is InChI=1S/C15H18ClN3O2S/c1-10-17-15(21-18-10)11-3-2-6-19(8-11)14(20)5-4-13-7-12(16)9-22-13/h7,9,11H,2-6,8H2,1H3. The van der Waals surface area contributed by atoms with Crippen LogP contribution in [0, 0.1) is 6.92 Å². The van der Waals surface area contributed by atoms with Crippen LogP contribution in [0.1, 0.15) is 41.8 Å². The highest BCUT2D eigenvalue weighted by Gasteiger charge is 2.28. The van der Waals surface area contributed by atoms with Gasteiger partial charge in [0.25, 0.3) is 0 Å². The number of thiophene rings is 1. The van der Waals surface area contributed by atoms with Gasteiger partial charge in [0, 0.05) is 29.8 Å². The number of likely N-dealkylation sites (tertiary alicyclic amines) is 1. The fraction of sp³-hybridized carbons (Fsp3) is 0.533. The van der Waals surface area contributed by atoms with E-state index < -0.39 is 0 Å². The van der Waals surface area contributed by atoms with E-state index in [9.17, 15) is 4.79 Å². The van der Waals surface area contributed by atoms with Gasteiger partial charge in [-0.3, -0.25) is 4.79 Å². The van der Waals surface area contributed by atoms with Crippen LogP contribution in [-0.4, -0.2) is 34.0 Å². The number of hydrogen-bond donors (Lipinski definition) is 0. The summed E-state index contributed by atoms with van der Waals surface area (Å²) in [6, 6.07) is 1.93. The van der Waals surface area contributed by atoms with Gasteiger partial charge in [-0.25, -0.2) is 0 Å². The summed E-state index contributed by atoms with van der Waals surface area (Å²) in [6.07, 6.45) is 3.23. The molecule has 1 atom stereocenters. The lowest BCUT2D eigenvalue weighted by atomic mass is 9.97. The van der Waals surface area contributed by atoms with Gasteiger partial charge < -0.3 is 9.42 Å². The third-order valence-corrected chi connectivity index (χ3v) is 5.22. The Kier molecular flexibility index (Phi) is 4.78. The second-order valence-corrected chi connectivity index (χ2v) is 7.02. The Morgan fingerprint density at radius 2 is 2.45 bits per heavy atom. The van der Waals surface area contributed by atoms with Gasteiger partial charge in [-0.1, -0.05) is 16.8 Å². The summed E-state index contributed by atoms with van der Waals surface area (Å²) in [5, 5.41) is 6.49. The van der Waals surface area contributed by atoms with Crippen LogP contribution in [0.15, 0.2) is 16.0 Å². The van der Waals surface area contributed by atoms with Crippen molar-refractivity contribution in [2.75, 3.05) is 13.1 Å². The Morgan fingerprint density at radius 3 is 3.14 bits per heavy atom. The third-order valence-electron chi connectivity index (χ3n) is 3.87. The minimum Gasteiger partial charge on any atom is -0.342 e. The van der Waals surface area contributed by atoms with Crippen molar-refractivity contribution in [3.05, 3.63) is 33.1 Å². The highest BCUT2D eigenvalue weighted by Crippen LogP contribution is 2.26. The van der Waals surface area contributed by atoms with Gasteiger partial charge in [-0.15, -0.1) is 11.3 Å². The van der Waals surface area contributed by atoms with E-state index in [1.54, 1.807) is 11.3 Å². The first-order valence-corrected chi connectivity index (χ1v) is 8.68. The third kappa shape index (κ3) is 3.67. The molecule has 1 aliphatic rings. The van der Waals surface area contributed by atoms with Crippen LogP contribution in [0.3, 0.4) is 0 Å². The highest BCUT2D eigenvalue weighted by molar-refractivity contribution is 7.10. The Hall–Kier alpha value is -1.40. The van der Waals surface area contributed by atoms with Crippen LogP contribution < -0.4 is 0 Å². The van der Waals surface area contributed by atoms with E-state index in [4.69, 9.17) is 16.1 Å². The van der Waals surface area contributed by atoms with E-state index in [-0.39, 0.29) is 11.8 Å². The molecule has 0 saturated carbocycles. The van der Waals surface area contributed by atoms with Crippen molar-refractivity contribution in [2.45, 2.75) is 38.5 Å². The number of aryl methyl sites for hydroxylation is 2. The number of rotatable bonds is 4. The first-order chi connectivity index (χ1) is 10.6. The van der Waals surface area contributed by atoms with E-state index in [2.05, 4.69) is 10.1 Å². The lowest BCUT2D eigenvalue weighted by molar-refractivity contribution is -0.132. The summed E-state index contributed by atoms with van der Waals surface area (Å²) in [4.78, 5) is 19.8. The maximum absolute atomic E-state index is 12.4. The van der Waals surface area contributed by atoms with Crippen molar-refractivity contribution < 1.29 is 9.32 Å². The smallest absolute Gasteiger partial charge is 0.231 e. The predicted octanol–water partition coefficient (Wildman–Crippen LogP) is 3.43. The van der Waals surface area contributed by atoms with Crippen molar-refractivity contribution in [3.8, 4) is 0 Å². The molecule has 2 aromatic heterocycles. The van der Waals surface area contributed by atoms with Crippen LogP contribution in [0.4, 0.5) is 0 Å². The monoisotopic (exact) mass is 339 g/mol. The molecule has 1 unspecified atom stereocenters. The molecule has 3 rings (SSSR count). The minimum atomic E-state index is 0.162. The number of aromatic nitrogens is 2. The quantitative estimate of drug-likeness (QED) is 0.856. The largest absolute Gasteiger partial charge is 0.342 e. The fourth-order valence-electron chi connectivity index (χ4n) is 2.76. The van der Waals surface area contributed by atoms with Gasteiger partial charge in [0.15, 0.2) is 5.82 Å². The predicted molar refractivity (Wildman–Crippen MR) is 85.2 cm³/mol. The zero-order valence-corrected chi connectivity index (χ0v) is 14.0. The van der Waals surface area contributed by atoms with Crippen LogP contribution >= 0.6 is 22.9 Å². The minimum absolute atomic E-state index is 0.162. The molecule has 22 heavy (non-hydrogen) atoms. The van der Waals surface area contributed by atoms with Crippen molar-refractivity contribution >= 4 is 28.8 Å². The molecule has 7 heteroatoms. The van der Waals surface area contributed by atoms with Crippen LogP contribution in [0.2, 0.25) is 5.02 Å². The molecule has 118 valence electrons. The molecule has 5 nitrogen and oxygen atoms in total. The second kappa shape index (κ2) is 6.79. The van der Waals surface area contributed by atoms with E-state index in [0.29, 0.717) is 24.7 Å². The number of amides is 1. The number of carbonyl (C=O) groups excluding carboxylic acids is 1. The van der Waals surface area contributed by atoms with Crippen molar-refractivity contribution in [1.29, 1.82) is 0 Å². The van der Waals surface area contributed by atoms with Gasteiger partial charge in [0.2, 0.25) is 11.8 Å². The number of carbonyl (C=O) groups is 1. The molecule has 0 aliphatic carbocycles. The molecule has 0 radical (unpaired) electrons. The van der Waals surface area contributed by atoms with E-state index in [1.165, 1.54) is 0 Å². The van der Waals surface area contributed by atoms with Gasteiger partial charge >= 0.3 is 0 Å². The van der Waals surface area contributed by atoms with Crippen molar-refractivity contribution in [2.24, 2.45) is 0 Å². The Balaban J connectivity index is 1.55. The van der Waals surface area contributed by atoms with Gasteiger partial charge in [0.05, 0.1) is 10.9 Å². The lowest BCUT2D eigenvalue weighted by Crippen LogP contribution is -2.39. The number of nitrogens with zero attached hydrogens (tertiary/aromatic N) is 3. The Bertz CT molecular complexity index is 655. The number of piperidine rings is 1. The molecule has 0 spiro atoms. The molecule has 0 bridgehead atoms. The molecule has 2 aromatic rings. The van der Waals surface area contributed by atoms with E-state index in [1.807, 2.05) is 23.3 Å². The first-order valence-electron chi connectivity index (χ1n) is 7.42. The second-order valence-electron chi connectivity index (χ2n) is 5.59. The maximum Gasteiger partial charge on any atom is 0.231 e. The van der Waals surface area contributed by atoms with Crippen LogP contribution in [0.5, 0.6) is 0 Å². The molecule has 3 heterocycles. The summed E-state index contributed by atoms with van der Waals surface area (Å²) in [6.45, 7) is 3.30. The highest BCUT2D eigenvalue weighted by atomic mass is 35.5. The molecular formula is C15H18ClN3O2S. The average Bonchev–Trinajstić information content (AvgIpc) is 3.13. The number of hydrogen-bond acceptors (Lipinski definition) is 5. The molecular weight excluding hydrogens is 322 g/mol. The summed E-state index contributed by atoms with van der Waals surface area (Å²) in [7, 11) is 0. The lowest BCUT2D eigenvalue weighted by Gasteiger charge is -2.31. The SMILES string of the molecule is Cc1noc(C2CCCN(C(=O)CCc3cc(Cl)cs3)C2)n1. The average molecular weight is 340 g/mol. The summed E-state index contributed by atoms with van der Waals surface area (Å²) >= 11 is 7.51. The van der Waals surface area contributed by atoms with E-state index >= 15 is 0 Å². The van der Waals surface area contributed by atoms with Crippen molar-refractivity contribution in [3.63, 3.8) is 0 Å². The maximum atomic E-state index is 12.4. The molecule has 0 aromatic carbocycles. The normalized spacial score (nSPS) is 18.6.